The summed E-state index contributed by atoms with van der Waals surface area (Å²) in [5.41, 5.74) is 0.906. The van der Waals surface area contributed by atoms with Crippen molar-refractivity contribution in [2.45, 2.75) is 103 Å². The fourth-order valence-corrected chi connectivity index (χ4v) is 8.21. The van der Waals surface area contributed by atoms with E-state index in [1.807, 2.05) is 0 Å². The number of hydrogen-bond donors (Lipinski definition) is 0. The van der Waals surface area contributed by atoms with Crippen molar-refractivity contribution < 1.29 is 9.31 Å². The number of hydrogen-bond acceptors (Lipinski definition) is 2. The zero-order valence-corrected chi connectivity index (χ0v) is 16.1. The quantitative estimate of drug-likeness (QED) is 0.594. The van der Waals surface area contributed by atoms with E-state index in [2.05, 4.69) is 27.7 Å². The zero-order valence-electron chi connectivity index (χ0n) is 16.1. The van der Waals surface area contributed by atoms with Crippen LogP contribution in [0, 0.1) is 28.6 Å². The van der Waals surface area contributed by atoms with Gasteiger partial charge in [0, 0.05) is 0 Å². The van der Waals surface area contributed by atoms with Crippen molar-refractivity contribution >= 4 is 7.12 Å². The first kappa shape index (κ1) is 16.2. The summed E-state index contributed by atoms with van der Waals surface area (Å²) in [6, 6.07) is 0. The molecule has 1 heterocycles. The molecule has 4 aliphatic carbocycles. The molecule has 5 fully saturated rings. The molecule has 6 atom stereocenters. The molecule has 0 aromatic carbocycles. The number of fused-ring (bicyclic) bond motifs is 3. The van der Waals surface area contributed by atoms with E-state index in [1.54, 1.807) is 0 Å². The minimum absolute atomic E-state index is 0.0408. The van der Waals surface area contributed by atoms with Crippen LogP contribution in [0.2, 0.25) is 5.82 Å². The predicted octanol–water partition coefficient (Wildman–Crippen LogP) is 5.47. The van der Waals surface area contributed by atoms with Crippen LogP contribution in [0.25, 0.3) is 0 Å². The summed E-state index contributed by atoms with van der Waals surface area (Å²) < 4.78 is 13.5. The van der Waals surface area contributed by atoms with Gasteiger partial charge in [0.1, 0.15) is 0 Å². The summed E-state index contributed by atoms with van der Waals surface area (Å²) in [5.74, 6) is 3.07. The second-order valence-corrected chi connectivity index (χ2v) is 10.7. The van der Waals surface area contributed by atoms with E-state index in [4.69, 9.17) is 9.31 Å². The third-order valence-corrected chi connectivity index (χ3v) is 9.54. The highest BCUT2D eigenvalue weighted by Crippen LogP contribution is 2.74. The molecule has 5 rings (SSSR count). The average molecular weight is 330 g/mol. The van der Waals surface area contributed by atoms with Crippen molar-refractivity contribution in [3.63, 3.8) is 0 Å². The standard InChI is InChI=1S/C21H35BO2/c1-14-10-11-16-19(2,3)17-12-21(14,16)13-18-20(17,4)24-22(23-18)15-8-6-5-7-9-15/h14-18H,5-13H2,1-4H3/t14-,16+,17-,18+,20-,21-/m1/s1. The monoisotopic (exact) mass is 330 g/mol. The molecule has 3 heteroatoms. The number of rotatable bonds is 1. The largest absolute Gasteiger partial charge is 0.460 e. The van der Waals surface area contributed by atoms with Crippen LogP contribution in [0.5, 0.6) is 0 Å². The molecule has 0 N–H and O–H groups in total. The van der Waals surface area contributed by atoms with Gasteiger partial charge in [0.05, 0.1) is 11.7 Å². The Morgan fingerprint density at radius 3 is 2.38 bits per heavy atom. The van der Waals surface area contributed by atoms with Crippen LogP contribution in [0.15, 0.2) is 0 Å². The fraction of sp³-hybridized carbons (Fsp3) is 1.00. The molecule has 134 valence electrons. The van der Waals surface area contributed by atoms with Gasteiger partial charge < -0.3 is 9.31 Å². The molecule has 24 heavy (non-hydrogen) atoms. The van der Waals surface area contributed by atoms with E-state index < -0.39 is 0 Å². The Morgan fingerprint density at radius 2 is 1.62 bits per heavy atom. The Hall–Kier alpha value is -0.0151. The van der Waals surface area contributed by atoms with Crippen LogP contribution >= 0.6 is 0 Å². The Labute approximate surface area is 148 Å². The summed E-state index contributed by atoms with van der Waals surface area (Å²) in [6.45, 7) is 10.0. The van der Waals surface area contributed by atoms with E-state index in [0.717, 1.165) is 11.8 Å². The van der Waals surface area contributed by atoms with Crippen LogP contribution in [0.1, 0.15) is 85.5 Å². The third kappa shape index (κ3) is 1.87. The van der Waals surface area contributed by atoms with Gasteiger partial charge in [-0.15, -0.1) is 0 Å². The van der Waals surface area contributed by atoms with Gasteiger partial charge in [0.15, 0.2) is 0 Å². The molecule has 1 aliphatic heterocycles. The summed E-state index contributed by atoms with van der Waals surface area (Å²) >= 11 is 0. The van der Waals surface area contributed by atoms with Crippen molar-refractivity contribution in [3.8, 4) is 0 Å². The van der Waals surface area contributed by atoms with Gasteiger partial charge >= 0.3 is 7.12 Å². The Balaban J connectivity index is 1.47. The van der Waals surface area contributed by atoms with E-state index in [9.17, 15) is 0 Å². The van der Waals surface area contributed by atoms with Gasteiger partial charge in [-0.3, -0.25) is 0 Å². The van der Waals surface area contributed by atoms with Gasteiger partial charge in [-0.05, 0) is 67.0 Å². The fourth-order valence-electron chi connectivity index (χ4n) is 8.21. The molecule has 0 radical (unpaired) electrons. The molecular formula is C21H35BO2. The van der Waals surface area contributed by atoms with Crippen LogP contribution in [0.4, 0.5) is 0 Å². The molecular weight excluding hydrogens is 295 g/mol. The average Bonchev–Trinajstić information content (AvgIpc) is 3.13. The Bertz CT molecular complexity index is 528. The molecule has 2 nitrogen and oxygen atoms in total. The third-order valence-electron chi connectivity index (χ3n) is 9.54. The van der Waals surface area contributed by atoms with Crippen molar-refractivity contribution in [1.29, 1.82) is 0 Å². The van der Waals surface area contributed by atoms with Crippen molar-refractivity contribution in [2.75, 3.05) is 0 Å². The topological polar surface area (TPSA) is 18.5 Å². The van der Waals surface area contributed by atoms with Gasteiger partial charge in [-0.25, -0.2) is 0 Å². The zero-order chi connectivity index (χ0) is 16.7. The first-order chi connectivity index (χ1) is 11.4. The van der Waals surface area contributed by atoms with E-state index >= 15 is 0 Å². The summed E-state index contributed by atoms with van der Waals surface area (Å²) in [7, 11) is 0.0852. The molecule has 0 aromatic rings. The summed E-state index contributed by atoms with van der Waals surface area (Å²) in [5, 5.41) is 0. The second kappa shape index (κ2) is 5.03. The Kier molecular flexibility index (Phi) is 3.39. The van der Waals surface area contributed by atoms with Crippen LogP contribution in [-0.2, 0) is 9.31 Å². The van der Waals surface area contributed by atoms with Crippen LogP contribution in [0.3, 0.4) is 0 Å². The van der Waals surface area contributed by atoms with Crippen molar-refractivity contribution in [2.24, 2.45) is 28.6 Å². The van der Waals surface area contributed by atoms with E-state index in [0.29, 0.717) is 28.7 Å². The summed E-state index contributed by atoms with van der Waals surface area (Å²) in [6.07, 6.45) is 12.6. The minimum atomic E-state index is -0.0408. The summed E-state index contributed by atoms with van der Waals surface area (Å²) in [4.78, 5) is 0. The van der Waals surface area contributed by atoms with Gasteiger partial charge in [-0.2, -0.15) is 0 Å². The lowest BCUT2D eigenvalue weighted by Crippen LogP contribution is -2.52. The highest BCUT2D eigenvalue weighted by molar-refractivity contribution is 6.47. The lowest BCUT2D eigenvalue weighted by Gasteiger charge is -2.48. The molecule has 1 saturated heterocycles. The van der Waals surface area contributed by atoms with Crippen molar-refractivity contribution in [3.05, 3.63) is 0 Å². The highest BCUT2D eigenvalue weighted by Gasteiger charge is 2.73. The maximum atomic E-state index is 6.83. The minimum Gasteiger partial charge on any atom is -0.405 e. The molecule has 0 amide bonds. The molecule has 4 saturated carbocycles. The molecule has 0 aromatic heterocycles. The van der Waals surface area contributed by atoms with Gasteiger partial charge in [0.2, 0.25) is 0 Å². The first-order valence-electron chi connectivity index (χ1n) is 10.7. The van der Waals surface area contributed by atoms with Crippen LogP contribution in [-0.4, -0.2) is 18.8 Å². The highest BCUT2D eigenvalue weighted by atomic mass is 16.7. The van der Waals surface area contributed by atoms with Crippen molar-refractivity contribution in [1.82, 2.24) is 0 Å². The molecule has 5 aliphatic rings. The van der Waals surface area contributed by atoms with Crippen LogP contribution < -0.4 is 0 Å². The molecule has 2 bridgehead atoms. The SMILES string of the molecule is C[C@@H]1CC[C@H]2C(C)(C)[C@H]3C[C@@]12C[C@@H]1OB(C2CCCCC2)O[C@@]13C. The van der Waals surface area contributed by atoms with E-state index in [-0.39, 0.29) is 12.7 Å². The maximum absolute atomic E-state index is 6.83. The van der Waals surface area contributed by atoms with Gasteiger partial charge in [-0.1, -0.05) is 52.9 Å². The predicted molar refractivity (Wildman–Crippen MR) is 97.8 cm³/mol. The van der Waals surface area contributed by atoms with Gasteiger partial charge in [0.25, 0.3) is 0 Å². The lowest BCUT2D eigenvalue weighted by atomic mass is 9.62. The second-order valence-electron chi connectivity index (χ2n) is 10.7. The van der Waals surface area contributed by atoms with E-state index in [1.165, 1.54) is 57.8 Å². The molecule has 0 unspecified atom stereocenters. The first-order valence-corrected chi connectivity index (χ1v) is 10.7. The lowest BCUT2D eigenvalue weighted by molar-refractivity contribution is -0.0769. The molecule has 1 spiro atoms. The smallest absolute Gasteiger partial charge is 0.405 e. The Morgan fingerprint density at radius 1 is 0.875 bits per heavy atom. The maximum Gasteiger partial charge on any atom is 0.460 e. The normalized spacial score (nSPS) is 53.2.